The van der Waals surface area contributed by atoms with Crippen molar-refractivity contribution in [2.75, 3.05) is 6.54 Å². The van der Waals surface area contributed by atoms with Crippen LogP contribution in [0.1, 0.15) is 71.8 Å². The molecule has 3 fully saturated rings. The Labute approximate surface area is 181 Å². The molecule has 1 aromatic carbocycles. The fraction of sp³-hybridized carbons (Fsp3) is 0.708. The van der Waals surface area contributed by atoms with Crippen molar-refractivity contribution >= 4 is 13.0 Å². The van der Waals surface area contributed by atoms with Crippen LogP contribution in [-0.4, -0.2) is 43.3 Å². The molecule has 0 bridgehead atoms. The van der Waals surface area contributed by atoms with Crippen LogP contribution in [-0.2, 0) is 14.1 Å². The van der Waals surface area contributed by atoms with Gasteiger partial charge in [0.15, 0.2) is 0 Å². The molecule has 4 rings (SSSR count). The Hall–Kier alpha value is -1.37. The average Bonchev–Trinajstić information content (AvgIpc) is 3.29. The molecule has 2 heterocycles. The molecular weight excluding hydrogens is 375 g/mol. The number of benzene rings is 1. The van der Waals surface area contributed by atoms with Crippen LogP contribution in [0.2, 0.25) is 0 Å². The number of rotatable bonds is 5. The maximum Gasteiger partial charge on any atom is 0.481 e. The van der Waals surface area contributed by atoms with Crippen molar-refractivity contribution in [1.29, 1.82) is 0 Å². The quantitative estimate of drug-likeness (QED) is 0.725. The molecule has 30 heavy (non-hydrogen) atoms. The fourth-order valence-corrected chi connectivity index (χ4v) is 5.65. The van der Waals surface area contributed by atoms with E-state index in [4.69, 9.17) is 9.31 Å². The largest absolute Gasteiger partial charge is 0.481 e. The molecule has 0 aromatic heterocycles. The van der Waals surface area contributed by atoms with Gasteiger partial charge in [-0.25, -0.2) is 0 Å². The Bertz CT molecular complexity index is 756. The summed E-state index contributed by atoms with van der Waals surface area (Å²) in [6.45, 7) is 11.9. The maximum absolute atomic E-state index is 13.1. The second-order valence-corrected chi connectivity index (χ2v) is 10.9. The van der Waals surface area contributed by atoms with E-state index in [9.17, 15) is 4.79 Å². The minimum atomic E-state index is -0.385. The number of carbonyl (C=O) groups is 1. The van der Waals surface area contributed by atoms with Gasteiger partial charge in [0.25, 0.3) is 0 Å². The first kappa shape index (κ1) is 21.9. The van der Waals surface area contributed by atoms with Gasteiger partial charge in [0.05, 0.1) is 23.7 Å². The summed E-state index contributed by atoms with van der Waals surface area (Å²) in [5, 5.41) is 6.68. The highest BCUT2D eigenvalue weighted by molar-refractivity contribution is 6.48. The normalized spacial score (nSPS) is 34.1. The molecule has 0 radical (unpaired) electrons. The third-order valence-electron chi connectivity index (χ3n) is 7.32. The molecule has 5 nitrogen and oxygen atoms in total. The molecule has 2 aliphatic heterocycles. The van der Waals surface area contributed by atoms with Crippen LogP contribution in [0.25, 0.3) is 0 Å². The van der Waals surface area contributed by atoms with E-state index in [1.807, 2.05) is 6.07 Å². The van der Waals surface area contributed by atoms with Gasteiger partial charge in [0.2, 0.25) is 5.91 Å². The Morgan fingerprint density at radius 1 is 1.23 bits per heavy atom. The van der Waals surface area contributed by atoms with Crippen LogP contribution in [0.15, 0.2) is 30.3 Å². The summed E-state index contributed by atoms with van der Waals surface area (Å²) in [5.74, 6) is 0.504. The van der Waals surface area contributed by atoms with E-state index in [1.165, 1.54) is 5.56 Å². The third kappa shape index (κ3) is 4.46. The number of hydrogen-bond donors (Lipinski definition) is 2. The van der Waals surface area contributed by atoms with Gasteiger partial charge in [-0.05, 0) is 55.4 Å². The maximum atomic E-state index is 13.1. The zero-order valence-electron chi connectivity index (χ0n) is 19.1. The van der Waals surface area contributed by atoms with Crippen molar-refractivity contribution < 1.29 is 14.1 Å². The van der Waals surface area contributed by atoms with Gasteiger partial charge in [-0.3, -0.25) is 4.79 Å². The number of nitrogens with one attached hydrogen (secondary N) is 2. The lowest BCUT2D eigenvalue weighted by molar-refractivity contribution is -0.123. The van der Waals surface area contributed by atoms with Crippen LogP contribution in [0.5, 0.6) is 0 Å². The van der Waals surface area contributed by atoms with Crippen molar-refractivity contribution in [3.05, 3.63) is 35.9 Å². The Balaban J connectivity index is 1.39. The Morgan fingerprint density at radius 3 is 2.67 bits per heavy atom. The second kappa shape index (κ2) is 8.29. The predicted octanol–water partition coefficient (Wildman–Crippen LogP) is 3.68. The van der Waals surface area contributed by atoms with E-state index in [0.717, 1.165) is 32.2 Å². The Kier molecular flexibility index (Phi) is 6.04. The van der Waals surface area contributed by atoms with E-state index in [-0.39, 0.29) is 48.0 Å². The predicted molar refractivity (Wildman–Crippen MR) is 120 cm³/mol. The van der Waals surface area contributed by atoms with E-state index < -0.39 is 0 Å². The molecule has 2 N–H and O–H groups in total. The first-order valence-electron chi connectivity index (χ1n) is 11.6. The van der Waals surface area contributed by atoms with Crippen LogP contribution >= 0.6 is 0 Å². The van der Waals surface area contributed by atoms with Crippen molar-refractivity contribution in [3.8, 4) is 0 Å². The lowest BCUT2D eigenvalue weighted by Gasteiger charge is -2.43. The lowest BCUT2D eigenvalue weighted by Crippen LogP contribution is -2.55. The van der Waals surface area contributed by atoms with Gasteiger partial charge >= 0.3 is 7.12 Å². The van der Waals surface area contributed by atoms with Gasteiger partial charge in [0, 0.05) is 6.54 Å². The number of carbonyl (C=O) groups excluding carboxylic acids is 1. The standard InChI is InChI=1S/C24H37BN2O3/c1-16(2)21(25-29-20-11-12-23(3,4)15-24(20,5)30-25)27-22(28)19-13-18(14-26-19)17-9-7-6-8-10-17/h6-10,16,18-21,26H,11-15H2,1-5H3,(H,27,28)/t18-,19-,20+,21-,24-/m0/s1. The molecule has 1 aliphatic carbocycles. The number of amides is 1. The summed E-state index contributed by atoms with van der Waals surface area (Å²) in [7, 11) is -0.385. The molecule has 3 aliphatic rings. The minimum absolute atomic E-state index is 0.0553. The second-order valence-electron chi connectivity index (χ2n) is 10.9. The molecule has 0 spiro atoms. The van der Waals surface area contributed by atoms with Crippen LogP contribution in [0, 0.1) is 11.3 Å². The fourth-order valence-electron chi connectivity index (χ4n) is 5.65. The summed E-state index contributed by atoms with van der Waals surface area (Å²) in [6, 6.07) is 10.3. The highest BCUT2D eigenvalue weighted by atomic mass is 16.7. The van der Waals surface area contributed by atoms with Gasteiger partial charge in [0.1, 0.15) is 0 Å². The summed E-state index contributed by atoms with van der Waals surface area (Å²) >= 11 is 0. The monoisotopic (exact) mass is 412 g/mol. The molecule has 1 saturated carbocycles. The lowest BCUT2D eigenvalue weighted by atomic mass is 9.69. The SMILES string of the molecule is CC(C)[C@H](NC(=O)[C@@H]1C[C@H](c2ccccc2)CN1)B1O[C@@H]2CCC(C)(C)C[C@]2(C)O1. The van der Waals surface area contributed by atoms with E-state index in [0.29, 0.717) is 5.92 Å². The Morgan fingerprint density at radius 2 is 1.97 bits per heavy atom. The summed E-state index contributed by atoms with van der Waals surface area (Å²) in [5.41, 5.74) is 1.29. The molecular formula is C24H37BN2O3. The van der Waals surface area contributed by atoms with Gasteiger partial charge < -0.3 is 19.9 Å². The molecule has 1 aromatic rings. The van der Waals surface area contributed by atoms with Crippen LogP contribution in [0.3, 0.4) is 0 Å². The summed E-state index contributed by atoms with van der Waals surface area (Å²) in [6.07, 6.45) is 4.09. The highest BCUT2D eigenvalue weighted by Gasteiger charge is 2.56. The van der Waals surface area contributed by atoms with Crippen molar-refractivity contribution in [1.82, 2.24) is 10.6 Å². The zero-order chi connectivity index (χ0) is 21.5. The van der Waals surface area contributed by atoms with Gasteiger partial charge in [-0.2, -0.15) is 0 Å². The van der Waals surface area contributed by atoms with Crippen molar-refractivity contribution in [3.63, 3.8) is 0 Å². The molecule has 6 heteroatoms. The van der Waals surface area contributed by atoms with E-state index in [2.05, 4.69) is 69.5 Å². The molecule has 0 unspecified atom stereocenters. The average molecular weight is 412 g/mol. The molecule has 1 amide bonds. The first-order chi connectivity index (χ1) is 14.2. The first-order valence-corrected chi connectivity index (χ1v) is 11.6. The van der Waals surface area contributed by atoms with Crippen molar-refractivity contribution in [2.45, 2.75) is 89.9 Å². The molecule has 164 valence electrons. The zero-order valence-corrected chi connectivity index (χ0v) is 19.1. The minimum Gasteiger partial charge on any atom is -0.404 e. The van der Waals surface area contributed by atoms with Crippen molar-refractivity contribution in [2.24, 2.45) is 11.3 Å². The number of fused-ring (bicyclic) bond motifs is 1. The van der Waals surface area contributed by atoms with E-state index >= 15 is 0 Å². The highest BCUT2D eigenvalue weighted by Crippen LogP contribution is 2.48. The van der Waals surface area contributed by atoms with Gasteiger partial charge in [-0.1, -0.05) is 58.0 Å². The molecule has 5 atom stereocenters. The smallest absolute Gasteiger partial charge is 0.404 e. The summed E-state index contributed by atoms with van der Waals surface area (Å²) < 4.78 is 12.9. The van der Waals surface area contributed by atoms with Crippen LogP contribution in [0.4, 0.5) is 0 Å². The third-order valence-corrected chi connectivity index (χ3v) is 7.32. The van der Waals surface area contributed by atoms with Gasteiger partial charge in [-0.15, -0.1) is 0 Å². The van der Waals surface area contributed by atoms with E-state index in [1.54, 1.807) is 0 Å². The molecule has 2 saturated heterocycles. The van der Waals surface area contributed by atoms with Crippen LogP contribution < -0.4 is 10.6 Å². The number of hydrogen-bond acceptors (Lipinski definition) is 4. The topological polar surface area (TPSA) is 59.6 Å². The summed E-state index contributed by atoms with van der Waals surface area (Å²) in [4.78, 5) is 13.1.